The van der Waals surface area contributed by atoms with Crippen LogP contribution < -0.4 is 11.1 Å². The lowest BCUT2D eigenvalue weighted by molar-refractivity contribution is -0.138. The molecule has 1 aliphatic heterocycles. The van der Waals surface area contributed by atoms with Gasteiger partial charge in [-0.05, 0) is 19.4 Å². The number of likely N-dealkylation sites (N-methyl/N-ethyl adjacent to an activating group) is 1. The van der Waals surface area contributed by atoms with Crippen LogP contribution in [0.25, 0.3) is 0 Å². The zero-order valence-electron chi connectivity index (χ0n) is 9.36. The van der Waals surface area contributed by atoms with Gasteiger partial charge in [-0.25, -0.2) is 0 Å². The number of unbranched alkanes of at least 4 members (excludes halogenated alkanes) is 1. The number of hydrogen-bond donors (Lipinski definition) is 2. The summed E-state index contributed by atoms with van der Waals surface area (Å²) >= 11 is 0. The van der Waals surface area contributed by atoms with E-state index in [0.29, 0.717) is 19.4 Å². The Morgan fingerprint density at radius 1 is 1.50 bits per heavy atom. The molecule has 1 heterocycles. The van der Waals surface area contributed by atoms with E-state index in [2.05, 4.69) is 5.32 Å². The molecule has 1 aliphatic rings. The summed E-state index contributed by atoms with van der Waals surface area (Å²) < 4.78 is 0. The van der Waals surface area contributed by atoms with Crippen LogP contribution in [0.2, 0.25) is 0 Å². The number of carbonyl (C=O) groups is 3. The Balaban J connectivity index is 2.35. The maximum atomic E-state index is 11.5. The van der Waals surface area contributed by atoms with Crippen molar-refractivity contribution < 1.29 is 14.4 Å². The van der Waals surface area contributed by atoms with Crippen LogP contribution in [0.15, 0.2) is 0 Å². The number of carbonyl (C=O) groups excluding carboxylic acids is 3. The molecule has 0 spiro atoms. The Hall–Kier alpha value is -1.43. The van der Waals surface area contributed by atoms with E-state index in [0.717, 1.165) is 11.3 Å². The fourth-order valence-corrected chi connectivity index (χ4v) is 1.56. The Morgan fingerprint density at radius 2 is 2.19 bits per heavy atom. The summed E-state index contributed by atoms with van der Waals surface area (Å²) in [6, 6.07) is -0.678. The zero-order valence-corrected chi connectivity index (χ0v) is 9.36. The minimum Gasteiger partial charge on any atom is -0.344 e. The van der Waals surface area contributed by atoms with Crippen molar-refractivity contribution in [3.8, 4) is 0 Å². The van der Waals surface area contributed by atoms with Gasteiger partial charge < -0.3 is 11.1 Å². The first kappa shape index (κ1) is 12.6. The van der Waals surface area contributed by atoms with Gasteiger partial charge in [0.15, 0.2) is 0 Å². The molecule has 1 rings (SSSR count). The number of hydrogen-bond acceptors (Lipinski definition) is 4. The fraction of sp³-hybridized carbons (Fsp3) is 0.700. The first-order valence-corrected chi connectivity index (χ1v) is 5.36. The highest BCUT2D eigenvalue weighted by molar-refractivity contribution is 6.06. The summed E-state index contributed by atoms with van der Waals surface area (Å²) in [4.78, 5) is 35.1. The number of likely N-dealkylation sites (tertiary alicyclic amines) is 1. The molecule has 0 saturated carbocycles. The van der Waals surface area contributed by atoms with Crippen LogP contribution >= 0.6 is 0 Å². The molecule has 1 unspecified atom stereocenters. The Labute approximate surface area is 94.2 Å². The van der Waals surface area contributed by atoms with Gasteiger partial charge in [0, 0.05) is 13.5 Å². The quantitative estimate of drug-likeness (QED) is 0.465. The van der Waals surface area contributed by atoms with Crippen LogP contribution in [0.4, 0.5) is 0 Å². The molecule has 1 atom stereocenters. The zero-order chi connectivity index (χ0) is 12.1. The van der Waals surface area contributed by atoms with E-state index in [-0.39, 0.29) is 24.1 Å². The van der Waals surface area contributed by atoms with Gasteiger partial charge in [-0.2, -0.15) is 0 Å². The average molecular weight is 227 g/mol. The third-order valence-corrected chi connectivity index (χ3v) is 2.57. The highest BCUT2D eigenvalue weighted by atomic mass is 16.2. The lowest BCUT2D eigenvalue weighted by Gasteiger charge is -2.10. The Bertz CT molecular complexity index is 304. The third-order valence-electron chi connectivity index (χ3n) is 2.57. The van der Waals surface area contributed by atoms with Crippen molar-refractivity contribution in [3.05, 3.63) is 0 Å². The van der Waals surface area contributed by atoms with E-state index in [1.807, 2.05) is 0 Å². The highest BCUT2D eigenvalue weighted by Gasteiger charge is 2.36. The first-order chi connectivity index (χ1) is 7.56. The molecule has 1 saturated heterocycles. The minimum absolute atomic E-state index is 0.0674. The molecule has 0 aliphatic carbocycles. The third kappa shape index (κ3) is 3.03. The van der Waals surface area contributed by atoms with Crippen molar-refractivity contribution in [1.82, 2.24) is 10.2 Å². The van der Waals surface area contributed by atoms with Crippen molar-refractivity contribution in [2.45, 2.75) is 31.7 Å². The molecule has 0 aromatic rings. The van der Waals surface area contributed by atoms with Crippen LogP contribution in [0.3, 0.4) is 0 Å². The monoisotopic (exact) mass is 227 g/mol. The number of nitrogens with two attached hydrogens (primary N) is 1. The van der Waals surface area contributed by atoms with Gasteiger partial charge in [-0.15, -0.1) is 0 Å². The summed E-state index contributed by atoms with van der Waals surface area (Å²) in [5.74, 6) is -0.788. The lowest BCUT2D eigenvalue weighted by atomic mass is 10.2. The second-order valence-electron chi connectivity index (χ2n) is 3.86. The van der Waals surface area contributed by atoms with E-state index in [9.17, 15) is 14.4 Å². The van der Waals surface area contributed by atoms with E-state index in [4.69, 9.17) is 5.73 Å². The predicted octanol–water partition coefficient (Wildman–Crippen LogP) is -1.01. The first-order valence-electron chi connectivity index (χ1n) is 5.36. The van der Waals surface area contributed by atoms with Gasteiger partial charge in [0.25, 0.3) is 5.91 Å². The second-order valence-corrected chi connectivity index (χ2v) is 3.86. The average Bonchev–Trinajstić information content (AvgIpc) is 2.47. The summed E-state index contributed by atoms with van der Waals surface area (Å²) in [6.45, 7) is 0.552. The largest absolute Gasteiger partial charge is 0.344 e. The Morgan fingerprint density at radius 3 is 2.69 bits per heavy atom. The number of nitrogens with one attached hydrogen (secondary N) is 1. The molecule has 6 heteroatoms. The smallest absolute Gasteiger partial charge is 0.252 e. The molecule has 6 nitrogen and oxygen atoms in total. The maximum absolute atomic E-state index is 11.5. The van der Waals surface area contributed by atoms with Crippen molar-refractivity contribution in [2.75, 3.05) is 13.6 Å². The van der Waals surface area contributed by atoms with Gasteiger partial charge in [0.05, 0.1) is 6.42 Å². The summed E-state index contributed by atoms with van der Waals surface area (Å²) in [5, 5.41) is 2.56. The molecule has 1 fully saturated rings. The van der Waals surface area contributed by atoms with E-state index < -0.39 is 6.04 Å². The highest BCUT2D eigenvalue weighted by Crippen LogP contribution is 2.10. The minimum atomic E-state index is -0.678. The summed E-state index contributed by atoms with van der Waals surface area (Å²) in [6.07, 6.45) is 1.90. The molecule has 0 aromatic carbocycles. The molecule has 3 N–H and O–H groups in total. The summed E-state index contributed by atoms with van der Waals surface area (Å²) in [5.41, 5.74) is 5.30. The molecular weight excluding hydrogens is 210 g/mol. The topological polar surface area (TPSA) is 92.5 Å². The molecule has 3 amide bonds. The van der Waals surface area contributed by atoms with Crippen molar-refractivity contribution in [2.24, 2.45) is 5.73 Å². The van der Waals surface area contributed by atoms with Crippen molar-refractivity contribution in [3.63, 3.8) is 0 Å². The van der Waals surface area contributed by atoms with Crippen molar-refractivity contribution in [1.29, 1.82) is 0 Å². The van der Waals surface area contributed by atoms with Crippen LogP contribution in [-0.2, 0) is 14.4 Å². The maximum Gasteiger partial charge on any atom is 0.252 e. The van der Waals surface area contributed by atoms with Gasteiger partial charge in [-0.3, -0.25) is 19.3 Å². The number of amides is 3. The SMILES string of the molecule is CN1C(=O)CC(NC(=O)CCCCN)C1=O. The molecule has 0 radical (unpaired) electrons. The van der Waals surface area contributed by atoms with Crippen LogP contribution in [0, 0.1) is 0 Å². The normalized spacial score (nSPS) is 20.4. The van der Waals surface area contributed by atoms with Gasteiger partial charge >= 0.3 is 0 Å². The van der Waals surface area contributed by atoms with Gasteiger partial charge in [0.1, 0.15) is 6.04 Å². The Kier molecular flexibility index (Phi) is 4.42. The van der Waals surface area contributed by atoms with E-state index in [1.165, 1.54) is 7.05 Å². The van der Waals surface area contributed by atoms with Gasteiger partial charge in [0.2, 0.25) is 11.8 Å². The fourth-order valence-electron chi connectivity index (χ4n) is 1.56. The molecule has 0 bridgehead atoms. The molecular formula is C10H17N3O3. The second kappa shape index (κ2) is 5.60. The number of imide groups is 1. The molecule has 16 heavy (non-hydrogen) atoms. The van der Waals surface area contributed by atoms with Crippen molar-refractivity contribution >= 4 is 17.7 Å². The molecule has 0 aromatic heterocycles. The van der Waals surface area contributed by atoms with Crippen LogP contribution in [0.5, 0.6) is 0 Å². The predicted molar refractivity (Wildman–Crippen MR) is 57.2 cm³/mol. The van der Waals surface area contributed by atoms with Crippen LogP contribution in [0.1, 0.15) is 25.7 Å². The number of rotatable bonds is 5. The number of nitrogens with zero attached hydrogens (tertiary/aromatic N) is 1. The standard InChI is InChI=1S/C10H17N3O3/c1-13-9(15)6-7(10(13)16)12-8(14)4-2-3-5-11/h7H,2-6,11H2,1H3,(H,12,14). The summed E-state index contributed by atoms with van der Waals surface area (Å²) in [7, 11) is 1.42. The lowest BCUT2D eigenvalue weighted by Crippen LogP contribution is -2.40. The molecule has 90 valence electrons. The van der Waals surface area contributed by atoms with Crippen LogP contribution in [-0.4, -0.2) is 42.3 Å². The van der Waals surface area contributed by atoms with Gasteiger partial charge in [-0.1, -0.05) is 0 Å². The van der Waals surface area contributed by atoms with E-state index >= 15 is 0 Å². The van der Waals surface area contributed by atoms with E-state index in [1.54, 1.807) is 0 Å².